The number of anilines is 1. The van der Waals surface area contributed by atoms with Crippen molar-refractivity contribution in [2.75, 3.05) is 38.0 Å². The fourth-order valence-corrected chi connectivity index (χ4v) is 2.51. The number of aromatic nitrogens is 1. The SMILES string of the molecule is CCNCC1CCN(CC(=O)Nc2cc(C)on2)CC1.Cl. The number of amides is 1. The summed E-state index contributed by atoms with van der Waals surface area (Å²) < 4.78 is 4.92. The first kappa shape index (κ1) is 17.9. The van der Waals surface area contributed by atoms with E-state index in [2.05, 4.69) is 27.6 Å². The quantitative estimate of drug-likeness (QED) is 0.835. The first-order valence-electron chi connectivity index (χ1n) is 7.33. The molecule has 0 saturated carbocycles. The number of nitrogens with zero attached hydrogens (tertiary/aromatic N) is 2. The Hall–Kier alpha value is -1.11. The lowest BCUT2D eigenvalue weighted by atomic mass is 9.97. The summed E-state index contributed by atoms with van der Waals surface area (Å²) in [5.41, 5.74) is 0. The minimum Gasteiger partial charge on any atom is -0.360 e. The van der Waals surface area contributed by atoms with Gasteiger partial charge in [-0.05, 0) is 51.9 Å². The number of carbonyl (C=O) groups is 1. The Labute approximate surface area is 132 Å². The van der Waals surface area contributed by atoms with Gasteiger partial charge >= 0.3 is 0 Å². The van der Waals surface area contributed by atoms with Crippen LogP contribution < -0.4 is 10.6 Å². The largest absolute Gasteiger partial charge is 0.360 e. The van der Waals surface area contributed by atoms with Gasteiger partial charge < -0.3 is 15.2 Å². The maximum atomic E-state index is 11.9. The molecule has 1 aliphatic heterocycles. The van der Waals surface area contributed by atoms with Crippen LogP contribution in [0.5, 0.6) is 0 Å². The molecule has 0 atom stereocenters. The van der Waals surface area contributed by atoms with Gasteiger partial charge in [0.05, 0.1) is 6.54 Å². The van der Waals surface area contributed by atoms with Crippen molar-refractivity contribution in [2.24, 2.45) is 5.92 Å². The number of halogens is 1. The first-order valence-corrected chi connectivity index (χ1v) is 7.33. The topological polar surface area (TPSA) is 70.4 Å². The van der Waals surface area contributed by atoms with E-state index in [1.807, 2.05) is 0 Å². The minimum atomic E-state index is -0.0246. The van der Waals surface area contributed by atoms with Crippen molar-refractivity contribution >= 4 is 24.1 Å². The molecule has 21 heavy (non-hydrogen) atoms. The standard InChI is InChI=1S/C14H24N4O2.ClH/c1-3-15-9-12-4-6-18(7-5-12)10-14(19)16-13-8-11(2)20-17-13;/h8,12,15H,3-7,9-10H2,1-2H3,(H,16,17,19);1H. The van der Waals surface area contributed by atoms with Crippen molar-refractivity contribution in [3.8, 4) is 0 Å². The summed E-state index contributed by atoms with van der Waals surface area (Å²) in [6.07, 6.45) is 2.31. The van der Waals surface area contributed by atoms with Gasteiger partial charge in [-0.3, -0.25) is 9.69 Å². The van der Waals surface area contributed by atoms with Gasteiger partial charge in [0.2, 0.25) is 5.91 Å². The fraction of sp³-hybridized carbons (Fsp3) is 0.714. The number of carbonyl (C=O) groups excluding carboxylic acids is 1. The van der Waals surface area contributed by atoms with Crippen LogP contribution in [0.1, 0.15) is 25.5 Å². The van der Waals surface area contributed by atoms with Crippen LogP contribution in [0.15, 0.2) is 10.6 Å². The number of likely N-dealkylation sites (tertiary alicyclic amines) is 1. The Balaban J connectivity index is 0.00000220. The first-order chi connectivity index (χ1) is 9.67. The summed E-state index contributed by atoms with van der Waals surface area (Å²) in [6, 6.07) is 1.72. The Kier molecular flexibility index (Phi) is 7.71. The highest BCUT2D eigenvalue weighted by Crippen LogP contribution is 2.16. The summed E-state index contributed by atoms with van der Waals surface area (Å²) in [4.78, 5) is 14.1. The molecule has 0 aromatic carbocycles. The van der Waals surface area contributed by atoms with E-state index in [1.54, 1.807) is 13.0 Å². The van der Waals surface area contributed by atoms with E-state index in [9.17, 15) is 4.79 Å². The van der Waals surface area contributed by atoms with Gasteiger partial charge in [-0.2, -0.15) is 0 Å². The zero-order valence-electron chi connectivity index (χ0n) is 12.7. The second kappa shape index (κ2) is 9.02. The summed E-state index contributed by atoms with van der Waals surface area (Å²) >= 11 is 0. The van der Waals surface area contributed by atoms with Crippen molar-refractivity contribution in [2.45, 2.75) is 26.7 Å². The molecule has 0 radical (unpaired) electrons. The number of nitrogens with one attached hydrogen (secondary N) is 2. The van der Waals surface area contributed by atoms with Gasteiger partial charge in [0, 0.05) is 6.07 Å². The van der Waals surface area contributed by atoms with Gasteiger partial charge in [-0.25, -0.2) is 0 Å². The molecule has 1 aromatic rings. The Bertz CT molecular complexity index is 430. The summed E-state index contributed by atoms with van der Waals surface area (Å²) in [7, 11) is 0. The van der Waals surface area contributed by atoms with Gasteiger partial charge in [0.15, 0.2) is 5.82 Å². The number of hydrogen-bond acceptors (Lipinski definition) is 5. The molecule has 1 aliphatic rings. The van der Waals surface area contributed by atoms with Crippen molar-refractivity contribution in [1.29, 1.82) is 0 Å². The second-order valence-electron chi connectivity index (χ2n) is 5.40. The van der Waals surface area contributed by atoms with Crippen LogP contribution in [0.2, 0.25) is 0 Å². The molecular weight excluding hydrogens is 292 g/mol. The Morgan fingerprint density at radius 3 is 2.76 bits per heavy atom. The molecule has 120 valence electrons. The monoisotopic (exact) mass is 316 g/mol. The normalized spacial score (nSPS) is 16.5. The molecule has 1 amide bonds. The molecule has 1 saturated heterocycles. The third kappa shape index (κ3) is 6.03. The predicted molar refractivity (Wildman–Crippen MR) is 84.8 cm³/mol. The van der Waals surface area contributed by atoms with Gasteiger partial charge in [-0.1, -0.05) is 12.1 Å². The van der Waals surface area contributed by atoms with Crippen LogP contribution in [0.25, 0.3) is 0 Å². The Morgan fingerprint density at radius 1 is 1.48 bits per heavy atom. The highest BCUT2D eigenvalue weighted by Gasteiger charge is 2.20. The van der Waals surface area contributed by atoms with Crippen molar-refractivity contribution < 1.29 is 9.32 Å². The second-order valence-corrected chi connectivity index (χ2v) is 5.40. The van der Waals surface area contributed by atoms with E-state index in [0.29, 0.717) is 18.1 Å². The van der Waals surface area contributed by atoms with Crippen molar-refractivity contribution in [3.63, 3.8) is 0 Å². The summed E-state index contributed by atoms with van der Waals surface area (Å²) in [5.74, 6) is 1.91. The molecule has 1 aromatic heterocycles. The number of rotatable bonds is 6. The van der Waals surface area contributed by atoms with Crippen LogP contribution in [-0.2, 0) is 4.79 Å². The maximum Gasteiger partial charge on any atom is 0.239 e. The molecular formula is C14H25ClN4O2. The van der Waals surface area contributed by atoms with Crippen LogP contribution in [0.4, 0.5) is 5.82 Å². The summed E-state index contributed by atoms with van der Waals surface area (Å²) in [6.45, 7) is 8.46. The highest BCUT2D eigenvalue weighted by molar-refractivity contribution is 5.91. The Morgan fingerprint density at radius 2 is 2.19 bits per heavy atom. The highest BCUT2D eigenvalue weighted by atomic mass is 35.5. The zero-order valence-corrected chi connectivity index (χ0v) is 13.5. The van der Waals surface area contributed by atoms with Gasteiger partial charge in [-0.15, -0.1) is 12.4 Å². The van der Waals surface area contributed by atoms with Crippen LogP contribution in [-0.4, -0.2) is 48.7 Å². The van der Waals surface area contributed by atoms with Crippen molar-refractivity contribution in [1.82, 2.24) is 15.4 Å². The van der Waals surface area contributed by atoms with Gasteiger partial charge in [0.25, 0.3) is 0 Å². The maximum absolute atomic E-state index is 11.9. The third-order valence-electron chi connectivity index (χ3n) is 3.65. The van der Waals surface area contributed by atoms with Gasteiger partial charge in [0.1, 0.15) is 5.76 Å². The third-order valence-corrected chi connectivity index (χ3v) is 3.65. The molecule has 1 fully saturated rings. The lowest BCUT2D eigenvalue weighted by molar-refractivity contribution is -0.117. The minimum absolute atomic E-state index is 0. The smallest absolute Gasteiger partial charge is 0.239 e. The molecule has 7 heteroatoms. The molecule has 0 aliphatic carbocycles. The molecule has 2 rings (SSSR count). The molecule has 2 heterocycles. The average Bonchev–Trinajstić information content (AvgIpc) is 2.83. The number of hydrogen-bond donors (Lipinski definition) is 2. The van der Waals surface area contributed by atoms with E-state index in [-0.39, 0.29) is 18.3 Å². The van der Waals surface area contributed by atoms with E-state index >= 15 is 0 Å². The van der Waals surface area contributed by atoms with E-state index in [0.717, 1.165) is 44.9 Å². The average molecular weight is 317 g/mol. The molecule has 2 N–H and O–H groups in total. The number of aryl methyl sites for hydroxylation is 1. The van der Waals surface area contributed by atoms with E-state index in [1.165, 1.54) is 0 Å². The molecule has 6 nitrogen and oxygen atoms in total. The lowest BCUT2D eigenvalue weighted by Crippen LogP contribution is -2.41. The van der Waals surface area contributed by atoms with Crippen LogP contribution in [0.3, 0.4) is 0 Å². The lowest BCUT2D eigenvalue weighted by Gasteiger charge is -2.31. The molecule has 0 unspecified atom stereocenters. The fourth-order valence-electron chi connectivity index (χ4n) is 2.51. The summed E-state index contributed by atoms with van der Waals surface area (Å²) in [5, 5.41) is 9.91. The predicted octanol–water partition coefficient (Wildman–Crippen LogP) is 1.66. The van der Waals surface area contributed by atoms with E-state index in [4.69, 9.17) is 4.52 Å². The molecule has 0 spiro atoms. The van der Waals surface area contributed by atoms with Crippen molar-refractivity contribution in [3.05, 3.63) is 11.8 Å². The van der Waals surface area contributed by atoms with Crippen LogP contribution >= 0.6 is 12.4 Å². The van der Waals surface area contributed by atoms with E-state index < -0.39 is 0 Å². The zero-order chi connectivity index (χ0) is 14.4. The number of piperidine rings is 1. The molecule has 0 bridgehead atoms. The van der Waals surface area contributed by atoms with Crippen LogP contribution in [0, 0.1) is 12.8 Å².